The zero-order valence-corrected chi connectivity index (χ0v) is 23.2. The third kappa shape index (κ3) is 3.88. The Morgan fingerprint density at radius 3 is 2.28 bits per heavy atom. The van der Waals surface area contributed by atoms with E-state index in [1.54, 1.807) is 13.8 Å². The Hall–Kier alpha value is -1.39. The Labute approximate surface area is 217 Å². The Morgan fingerprint density at radius 2 is 1.58 bits per heavy atom. The van der Waals surface area contributed by atoms with Crippen LogP contribution in [0, 0.1) is 57.2 Å². The summed E-state index contributed by atoms with van der Waals surface area (Å²) in [7, 11) is 0. The number of carboxylic acid groups (broad SMARTS) is 1. The number of rotatable bonds is 5. The van der Waals surface area contributed by atoms with E-state index in [0.29, 0.717) is 11.8 Å². The lowest BCUT2D eigenvalue weighted by molar-refractivity contribution is -0.199. The van der Waals surface area contributed by atoms with E-state index in [9.17, 15) is 19.5 Å². The molecule has 36 heavy (non-hydrogen) atoms. The zero-order chi connectivity index (χ0) is 26.1. The predicted molar refractivity (Wildman–Crippen MR) is 138 cm³/mol. The fraction of sp³-hybridized carbons (Fsp3) is 0.903. The molecule has 5 aliphatic carbocycles. The number of carboxylic acids is 1. The number of hydrogen-bond donors (Lipinski definition) is 1. The molecule has 5 heteroatoms. The molecule has 0 aliphatic heterocycles. The second kappa shape index (κ2) is 8.83. The molecule has 0 aromatic carbocycles. The summed E-state index contributed by atoms with van der Waals surface area (Å²) in [4.78, 5) is 36.5. The molecule has 0 amide bonds. The van der Waals surface area contributed by atoms with Crippen LogP contribution < -0.4 is 0 Å². The number of carbonyl (C=O) groups excluding carboxylic acids is 2. The van der Waals surface area contributed by atoms with Crippen LogP contribution in [-0.4, -0.2) is 29.4 Å². The van der Waals surface area contributed by atoms with Crippen LogP contribution in [0.15, 0.2) is 0 Å². The standard InChI is InChI=1S/C31H48O5/c1-28(2,27(34)35)17-26(33)36-25-13-15-30(5)22-10-8-21-19(20(22)9-11-24(30)29(25,3)4)12-16-31(18-32)14-6-7-23(21)31/h18-25H,6-17H2,1-5H3,(H,34,35). The van der Waals surface area contributed by atoms with Crippen molar-refractivity contribution in [3.8, 4) is 0 Å². The molecule has 5 rings (SSSR count). The van der Waals surface area contributed by atoms with Gasteiger partial charge < -0.3 is 14.6 Å². The molecule has 5 nitrogen and oxygen atoms in total. The number of hydrogen-bond acceptors (Lipinski definition) is 4. The van der Waals surface area contributed by atoms with Gasteiger partial charge in [-0.05, 0) is 119 Å². The summed E-state index contributed by atoms with van der Waals surface area (Å²) >= 11 is 0. The number of aliphatic carboxylic acids is 1. The third-order valence-corrected chi connectivity index (χ3v) is 12.6. The monoisotopic (exact) mass is 500 g/mol. The summed E-state index contributed by atoms with van der Waals surface area (Å²) in [6, 6.07) is 0. The smallest absolute Gasteiger partial charge is 0.309 e. The van der Waals surface area contributed by atoms with Gasteiger partial charge in [0.1, 0.15) is 12.4 Å². The van der Waals surface area contributed by atoms with E-state index in [2.05, 4.69) is 20.8 Å². The second-order valence-electron chi connectivity index (χ2n) is 14.9. The van der Waals surface area contributed by atoms with Crippen LogP contribution in [0.25, 0.3) is 0 Å². The maximum atomic E-state index is 12.8. The quantitative estimate of drug-likeness (QED) is 0.337. The van der Waals surface area contributed by atoms with Crippen molar-refractivity contribution in [2.75, 3.05) is 0 Å². The van der Waals surface area contributed by atoms with Crippen LogP contribution in [0.4, 0.5) is 0 Å². The van der Waals surface area contributed by atoms with Crippen molar-refractivity contribution in [2.45, 2.75) is 118 Å². The maximum Gasteiger partial charge on any atom is 0.309 e. The highest BCUT2D eigenvalue weighted by atomic mass is 16.5. The molecule has 0 bridgehead atoms. The summed E-state index contributed by atoms with van der Waals surface area (Å²) in [6.45, 7) is 10.3. The van der Waals surface area contributed by atoms with Gasteiger partial charge in [0.2, 0.25) is 0 Å². The van der Waals surface area contributed by atoms with Gasteiger partial charge in [-0.1, -0.05) is 27.2 Å². The first-order chi connectivity index (χ1) is 16.9. The van der Waals surface area contributed by atoms with Crippen molar-refractivity contribution < 1.29 is 24.2 Å². The first-order valence-electron chi connectivity index (χ1n) is 14.7. The van der Waals surface area contributed by atoms with E-state index in [1.807, 2.05) is 0 Å². The highest BCUT2D eigenvalue weighted by Crippen LogP contribution is 2.69. The number of ether oxygens (including phenoxy) is 1. The minimum Gasteiger partial charge on any atom is -0.481 e. The SMILES string of the molecule is CC(C)(CC(=O)OC1CCC2(C)C3CCC4C(CCC5(C=O)CCCC45)C3CCC2C1(C)C)C(=O)O. The maximum absolute atomic E-state index is 12.8. The molecule has 9 atom stereocenters. The molecule has 5 fully saturated rings. The molecule has 0 heterocycles. The number of aldehydes is 1. The largest absolute Gasteiger partial charge is 0.481 e. The molecule has 5 saturated carbocycles. The minimum atomic E-state index is -1.11. The van der Waals surface area contributed by atoms with Gasteiger partial charge in [-0.15, -0.1) is 0 Å². The average Bonchev–Trinajstić information content (AvgIpc) is 3.25. The fourth-order valence-electron chi connectivity index (χ4n) is 10.7. The first-order valence-corrected chi connectivity index (χ1v) is 14.7. The Morgan fingerprint density at radius 1 is 0.889 bits per heavy atom. The van der Waals surface area contributed by atoms with Crippen molar-refractivity contribution in [2.24, 2.45) is 57.2 Å². The summed E-state index contributed by atoms with van der Waals surface area (Å²) in [5, 5.41) is 9.43. The summed E-state index contributed by atoms with van der Waals surface area (Å²) < 4.78 is 6.04. The van der Waals surface area contributed by atoms with Crippen molar-refractivity contribution in [1.82, 2.24) is 0 Å². The highest BCUT2D eigenvalue weighted by molar-refractivity contribution is 5.81. The van der Waals surface area contributed by atoms with E-state index < -0.39 is 11.4 Å². The molecular weight excluding hydrogens is 452 g/mol. The minimum absolute atomic E-state index is 0.00572. The lowest BCUT2D eigenvalue weighted by atomic mass is 9.40. The van der Waals surface area contributed by atoms with Crippen molar-refractivity contribution in [3.05, 3.63) is 0 Å². The van der Waals surface area contributed by atoms with Crippen LogP contribution in [0.2, 0.25) is 0 Å². The van der Waals surface area contributed by atoms with Crippen molar-refractivity contribution >= 4 is 18.2 Å². The number of fused-ring (bicyclic) bond motifs is 7. The van der Waals surface area contributed by atoms with Gasteiger partial charge in [0.05, 0.1) is 11.8 Å². The van der Waals surface area contributed by atoms with E-state index in [0.717, 1.165) is 49.4 Å². The lowest BCUT2D eigenvalue weighted by Crippen LogP contribution is -2.60. The second-order valence-corrected chi connectivity index (χ2v) is 14.9. The molecular formula is C31H48O5. The molecule has 5 aliphatic rings. The lowest BCUT2D eigenvalue weighted by Gasteiger charge is -2.65. The highest BCUT2D eigenvalue weighted by Gasteiger charge is 2.63. The van der Waals surface area contributed by atoms with Gasteiger partial charge in [-0.25, -0.2) is 0 Å². The number of esters is 1. The summed E-state index contributed by atoms with van der Waals surface area (Å²) in [5.41, 5.74) is -0.978. The van der Waals surface area contributed by atoms with Crippen LogP contribution >= 0.6 is 0 Å². The van der Waals surface area contributed by atoms with Crippen LogP contribution in [0.3, 0.4) is 0 Å². The Bertz CT molecular complexity index is 907. The fourth-order valence-corrected chi connectivity index (χ4v) is 10.7. The van der Waals surface area contributed by atoms with E-state index >= 15 is 0 Å². The molecule has 0 radical (unpaired) electrons. The van der Waals surface area contributed by atoms with Gasteiger partial charge in [0.25, 0.3) is 0 Å². The molecule has 0 saturated heterocycles. The van der Waals surface area contributed by atoms with E-state index in [1.165, 1.54) is 51.2 Å². The molecule has 0 spiro atoms. The first kappa shape index (κ1) is 26.2. The van der Waals surface area contributed by atoms with Crippen LogP contribution in [0.5, 0.6) is 0 Å². The average molecular weight is 501 g/mol. The van der Waals surface area contributed by atoms with Crippen LogP contribution in [0.1, 0.15) is 112 Å². The topological polar surface area (TPSA) is 80.7 Å². The zero-order valence-electron chi connectivity index (χ0n) is 23.2. The van der Waals surface area contributed by atoms with E-state index in [-0.39, 0.29) is 34.7 Å². The Balaban J connectivity index is 1.31. The van der Waals surface area contributed by atoms with Gasteiger partial charge >= 0.3 is 11.9 Å². The van der Waals surface area contributed by atoms with Gasteiger partial charge in [-0.2, -0.15) is 0 Å². The molecule has 1 N–H and O–H groups in total. The summed E-state index contributed by atoms with van der Waals surface area (Å²) in [6.07, 6.45) is 14.1. The van der Waals surface area contributed by atoms with Crippen molar-refractivity contribution in [1.29, 1.82) is 0 Å². The predicted octanol–water partition coefficient (Wildman–Crippen LogP) is 6.67. The van der Waals surface area contributed by atoms with Crippen LogP contribution in [-0.2, 0) is 19.1 Å². The molecule has 0 aromatic rings. The van der Waals surface area contributed by atoms with E-state index in [4.69, 9.17) is 4.74 Å². The molecule has 202 valence electrons. The molecule has 0 aromatic heterocycles. The summed E-state index contributed by atoms with van der Waals surface area (Å²) in [5.74, 6) is 2.83. The normalized spacial score (nSPS) is 45.4. The molecule has 9 unspecified atom stereocenters. The number of carbonyl (C=O) groups is 3. The van der Waals surface area contributed by atoms with Crippen molar-refractivity contribution in [3.63, 3.8) is 0 Å². The van der Waals surface area contributed by atoms with Gasteiger partial charge in [-0.3, -0.25) is 9.59 Å². The van der Waals surface area contributed by atoms with Gasteiger partial charge in [0, 0.05) is 10.8 Å². The Kier molecular flexibility index (Phi) is 6.44. The van der Waals surface area contributed by atoms with Gasteiger partial charge in [0.15, 0.2) is 0 Å². The third-order valence-electron chi connectivity index (χ3n) is 12.6.